The highest BCUT2D eigenvalue weighted by molar-refractivity contribution is 9.10. The van der Waals surface area contributed by atoms with Crippen LogP contribution in [0.2, 0.25) is 10.0 Å². The molecule has 2 N–H and O–H groups in total. The quantitative estimate of drug-likeness (QED) is 0.472. The van der Waals surface area contributed by atoms with E-state index in [1.165, 1.54) is 0 Å². The van der Waals surface area contributed by atoms with Crippen LogP contribution in [0, 0.1) is 0 Å². The highest BCUT2D eigenvalue weighted by atomic mass is 79.9. The molecular weight excluding hydrogens is 464 g/mol. The van der Waals surface area contributed by atoms with Crippen LogP contribution in [0.15, 0.2) is 40.9 Å². The Bertz CT molecular complexity index is 689. The highest BCUT2D eigenvalue weighted by Gasteiger charge is 2.07. The molecule has 0 saturated heterocycles. The second kappa shape index (κ2) is 12.8. The number of nitrogens with one attached hydrogen (secondary N) is 1. The number of benzene rings is 2. The van der Waals surface area contributed by atoms with Crippen LogP contribution in [-0.2, 0) is 17.9 Å². The smallest absolute Gasteiger partial charge is 0.124 e. The summed E-state index contributed by atoms with van der Waals surface area (Å²) in [7, 11) is 0. The Morgan fingerprint density at radius 3 is 2.58 bits per heavy atom. The molecule has 0 bridgehead atoms. The summed E-state index contributed by atoms with van der Waals surface area (Å²) >= 11 is 15.6. The summed E-state index contributed by atoms with van der Waals surface area (Å²) in [6.45, 7) is 2.64. The molecule has 0 aliphatic rings. The van der Waals surface area contributed by atoms with E-state index in [-0.39, 0.29) is 19.0 Å². The van der Waals surface area contributed by atoms with Crippen molar-refractivity contribution in [2.75, 3.05) is 26.4 Å². The molecule has 2 aromatic carbocycles. The van der Waals surface area contributed by atoms with Crippen molar-refractivity contribution in [2.45, 2.75) is 13.2 Å². The fraction of sp³-hybridized carbons (Fsp3) is 0.333. The third-order valence-corrected chi connectivity index (χ3v) is 4.48. The lowest BCUT2D eigenvalue weighted by molar-refractivity contribution is 0.0937. The number of aliphatic hydroxyl groups is 1. The number of halogens is 4. The van der Waals surface area contributed by atoms with Gasteiger partial charge in [0.05, 0.1) is 19.8 Å². The fourth-order valence-electron chi connectivity index (χ4n) is 2.16. The molecule has 0 heterocycles. The first kappa shape index (κ1) is 23.5. The summed E-state index contributed by atoms with van der Waals surface area (Å²) in [5, 5.41) is 13.2. The number of hydrogen-bond acceptors (Lipinski definition) is 4. The molecule has 0 radical (unpaired) electrons. The molecule has 144 valence electrons. The van der Waals surface area contributed by atoms with Gasteiger partial charge in [0.2, 0.25) is 0 Å². The third kappa shape index (κ3) is 8.01. The molecule has 0 atom stereocenters. The molecule has 0 aliphatic carbocycles. The van der Waals surface area contributed by atoms with Crippen molar-refractivity contribution in [3.8, 4) is 5.75 Å². The van der Waals surface area contributed by atoms with E-state index in [1.807, 2.05) is 24.3 Å². The van der Waals surface area contributed by atoms with Crippen molar-refractivity contribution in [1.29, 1.82) is 0 Å². The van der Waals surface area contributed by atoms with Crippen LogP contribution in [-0.4, -0.2) is 31.5 Å². The van der Waals surface area contributed by atoms with Crippen LogP contribution in [0.1, 0.15) is 11.1 Å². The van der Waals surface area contributed by atoms with Crippen molar-refractivity contribution < 1.29 is 14.6 Å². The Balaban J connectivity index is 0.00000338. The summed E-state index contributed by atoms with van der Waals surface area (Å²) in [6, 6.07) is 11.2. The van der Waals surface area contributed by atoms with E-state index >= 15 is 0 Å². The molecule has 0 fully saturated rings. The van der Waals surface area contributed by atoms with Crippen LogP contribution in [0.4, 0.5) is 0 Å². The van der Waals surface area contributed by atoms with E-state index < -0.39 is 0 Å². The second-order valence-corrected chi connectivity index (χ2v) is 7.05. The molecule has 0 unspecified atom stereocenters. The third-order valence-electron chi connectivity index (χ3n) is 3.40. The van der Waals surface area contributed by atoms with Crippen molar-refractivity contribution >= 4 is 51.5 Å². The van der Waals surface area contributed by atoms with E-state index in [2.05, 4.69) is 21.2 Å². The maximum Gasteiger partial charge on any atom is 0.124 e. The lowest BCUT2D eigenvalue weighted by atomic mass is 10.2. The summed E-state index contributed by atoms with van der Waals surface area (Å²) in [4.78, 5) is 0. The largest absolute Gasteiger partial charge is 0.489 e. The molecular formula is C18H21BrCl3NO3. The van der Waals surface area contributed by atoms with E-state index in [0.717, 1.165) is 21.3 Å². The first-order chi connectivity index (χ1) is 12.1. The zero-order chi connectivity index (χ0) is 18.1. The van der Waals surface area contributed by atoms with Gasteiger partial charge in [0.1, 0.15) is 12.4 Å². The zero-order valence-corrected chi connectivity index (χ0v) is 17.9. The minimum absolute atomic E-state index is 0. The van der Waals surface area contributed by atoms with Crippen LogP contribution >= 0.6 is 51.5 Å². The Hall–Kier alpha value is -0.530. The van der Waals surface area contributed by atoms with Crippen LogP contribution in [0.3, 0.4) is 0 Å². The average Bonchev–Trinajstić information content (AvgIpc) is 2.58. The minimum Gasteiger partial charge on any atom is -0.489 e. The van der Waals surface area contributed by atoms with Gasteiger partial charge in [-0.3, -0.25) is 0 Å². The minimum atomic E-state index is 0. The molecule has 0 amide bonds. The monoisotopic (exact) mass is 483 g/mol. The molecule has 4 nitrogen and oxygen atoms in total. The second-order valence-electron chi connectivity index (χ2n) is 5.29. The van der Waals surface area contributed by atoms with E-state index in [4.69, 9.17) is 37.8 Å². The van der Waals surface area contributed by atoms with Crippen molar-refractivity contribution in [1.82, 2.24) is 5.32 Å². The molecule has 0 saturated carbocycles. The first-order valence-electron chi connectivity index (χ1n) is 7.84. The van der Waals surface area contributed by atoms with Crippen LogP contribution < -0.4 is 10.1 Å². The van der Waals surface area contributed by atoms with Gasteiger partial charge in [-0.25, -0.2) is 0 Å². The normalized spacial score (nSPS) is 10.5. The van der Waals surface area contributed by atoms with Gasteiger partial charge in [-0.05, 0) is 30.3 Å². The molecule has 0 aromatic heterocycles. The van der Waals surface area contributed by atoms with E-state index in [0.29, 0.717) is 43.0 Å². The van der Waals surface area contributed by atoms with Crippen molar-refractivity contribution in [3.05, 3.63) is 62.0 Å². The molecule has 2 rings (SSSR count). The number of hydrogen-bond donors (Lipinski definition) is 2. The van der Waals surface area contributed by atoms with E-state index in [1.54, 1.807) is 12.1 Å². The Morgan fingerprint density at radius 1 is 1.04 bits per heavy atom. The number of aliphatic hydroxyl groups excluding tert-OH is 1. The zero-order valence-electron chi connectivity index (χ0n) is 14.0. The van der Waals surface area contributed by atoms with Gasteiger partial charge < -0.3 is 19.9 Å². The predicted molar refractivity (Wildman–Crippen MR) is 112 cm³/mol. The van der Waals surface area contributed by atoms with Gasteiger partial charge in [-0.15, -0.1) is 12.4 Å². The molecule has 0 spiro atoms. The van der Waals surface area contributed by atoms with Crippen molar-refractivity contribution in [3.63, 3.8) is 0 Å². The Morgan fingerprint density at radius 2 is 1.85 bits per heavy atom. The Kier molecular flexibility index (Phi) is 11.6. The summed E-state index contributed by atoms with van der Waals surface area (Å²) in [6.07, 6.45) is 0. The van der Waals surface area contributed by atoms with E-state index in [9.17, 15) is 0 Å². The van der Waals surface area contributed by atoms with Gasteiger partial charge >= 0.3 is 0 Å². The number of rotatable bonds is 10. The van der Waals surface area contributed by atoms with Gasteiger partial charge in [0.15, 0.2) is 0 Å². The standard InChI is InChI=1S/C18H20BrCl2NO3.ClH/c19-15-2-4-18(14(9-15)11-22-5-7-24-8-6-23)25-12-13-1-3-16(20)10-17(13)21;/h1-4,9-10,22-23H,5-8,11-12H2;1H. The summed E-state index contributed by atoms with van der Waals surface area (Å²) in [5.41, 5.74) is 1.91. The lowest BCUT2D eigenvalue weighted by Gasteiger charge is -2.14. The lowest BCUT2D eigenvalue weighted by Crippen LogP contribution is -2.20. The molecule has 8 heteroatoms. The van der Waals surface area contributed by atoms with Gasteiger partial charge in [0, 0.05) is 38.7 Å². The highest BCUT2D eigenvalue weighted by Crippen LogP contribution is 2.26. The van der Waals surface area contributed by atoms with Gasteiger partial charge in [-0.2, -0.15) is 0 Å². The molecule has 0 aliphatic heterocycles. The molecule has 2 aromatic rings. The Labute approximate surface area is 178 Å². The first-order valence-corrected chi connectivity index (χ1v) is 9.39. The fourth-order valence-corrected chi connectivity index (χ4v) is 3.03. The summed E-state index contributed by atoms with van der Waals surface area (Å²) in [5.74, 6) is 0.790. The van der Waals surface area contributed by atoms with Crippen molar-refractivity contribution in [2.24, 2.45) is 0 Å². The SMILES string of the molecule is Cl.OCCOCCNCc1cc(Br)ccc1OCc1ccc(Cl)cc1Cl. The maximum atomic E-state index is 8.67. The predicted octanol–water partition coefficient (Wildman–Crippen LogP) is 4.86. The van der Waals surface area contributed by atoms with Gasteiger partial charge in [0.25, 0.3) is 0 Å². The van der Waals surface area contributed by atoms with Crippen LogP contribution in [0.25, 0.3) is 0 Å². The average molecular weight is 486 g/mol. The van der Waals surface area contributed by atoms with Crippen LogP contribution in [0.5, 0.6) is 5.75 Å². The maximum absolute atomic E-state index is 8.67. The summed E-state index contributed by atoms with van der Waals surface area (Å²) < 4.78 is 12.2. The number of ether oxygens (including phenoxy) is 2. The van der Waals surface area contributed by atoms with Gasteiger partial charge in [-0.1, -0.05) is 45.2 Å². The molecule has 26 heavy (non-hydrogen) atoms. The topological polar surface area (TPSA) is 50.7 Å².